The molecular weight excluding hydrogens is 234 g/mol. The molecule has 1 aromatic carbocycles. The van der Waals surface area contributed by atoms with Crippen LogP contribution in [0.1, 0.15) is 43.1 Å². The average Bonchev–Trinajstić information content (AvgIpc) is 2.79. The van der Waals surface area contributed by atoms with E-state index in [4.69, 9.17) is 0 Å². The van der Waals surface area contributed by atoms with Crippen molar-refractivity contribution < 1.29 is 0 Å². The molecule has 0 saturated carbocycles. The van der Waals surface area contributed by atoms with Crippen molar-refractivity contribution in [1.82, 2.24) is 15.1 Å². The lowest BCUT2D eigenvalue weighted by Gasteiger charge is -2.13. The van der Waals surface area contributed by atoms with Crippen LogP contribution in [0.2, 0.25) is 0 Å². The maximum atomic E-state index is 4.52. The molecule has 0 saturated heterocycles. The summed E-state index contributed by atoms with van der Waals surface area (Å²) < 4.78 is 2.01. The monoisotopic (exact) mass is 257 g/mol. The van der Waals surface area contributed by atoms with Crippen molar-refractivity contribution in [2.45, 2.75) is 40.2 Å². The zero-order chi connectivity index (χ0) is 13.8. The van der Waals surface area contributed by atoms with Crippen molar-refractivity contribution in [2.75, 3.05) is 6.54 Å². The van der Waals surface area contributed by atoms with Crippen molar-refractivity contribution in [1.29, 1.82) is 0 Å². The van der Waals surface area contributed by atoms with Crippen LogP contribution in [-0.4, -0.2) is 16.3 Å². The normalized spacial score (nSPS) is 12.6. The van der Waals surface area contributed by atoms with Gasteiger partial charge in [-0.1, -0.05) is 24.6 Å². The molecule has 1 atom stereocenters. The van der Waals surface area contributed by atoms with Crippen molar-refractivity contribution in [2.24, 2.45) is 0 Å². The summed E-state index contributed by atoms with van der Waals surface area (Å²) in [7, 11) is 0. The maximum Gasteiger partial charge on any atom is 0.0648 e. The molecule has 1 N–H and O–H groups in total. The standard InChI is InChI=1S/C16H23N3/c1-5-10-17-13(3)16-11-18-19(14(16)4)15-8-6-12(2)7-9-15/h6-9,11,13,17H,5,10H2,1-4H3. The molecular formula is C16H23N3. The summed E-state index contributed by atoms with van der Waals surface area (Å²) >= 11 is 0. The van der Waals surface area contributed by atoms with Gasteiger partial charge >= 0.3 is 0 Å². The van der Waals surface area contributed by atoms with Gasteiger partial charge in [-0.15, -0.1) is 0 Å². The van der Waals surface area contributed by atoms with Crippen LogP contribution in [0, 0.1) is 13.8 Å². The molecule has 1 heterocycles. The fourth-order valence-electron chi connectivity index (χ4n) is 2.26. The van der Waals surface area contributed by atoms with E-state index in [2.05, 4.69) is 62.4 Å². The lowest BCUT2D eigenvalue weighted by atomic mass is 10.1. The predicted octanol–water partition coefficient (Wildman–Crippen LogP) is 3.55. The number of rotatable bonds is 5. The zero-order valence-corrected chi connectivity index (χ0v) is 12.3. The fourth-order valence-corrected chi connectivity index (χ4v) is 2.26. The summed E-state index contributed by atoms with van der Waals surface area (Å²) in [5.41, 5.74) is 4.87. The topological polar surface area (TPSA) is 29.9 Å². The lowest BCUT2D eigenvalue weighted by molar-refractivity contribution is 0.568. The Bertz CT molecular complexity index is 525. The van der Waals surface area contributed by atoms with Gasteiger partial charge in [-0.3, -0.25) is 0 Å². The van der Waals surface area contributed by atoms with Crippen LogP contribution in [0.3, 0.4) is 0 Å². The first-order chi connectivity index (χ1) is 9.13. The molecule has 0 fully saturated rings. The minimum absolute atomic E-state index is 0.346. The number of nitrogens with zero attached hydrogens (tertiary/aromatic N) is 2. The molecule has 0 amide bonds. The quantitative estimate of drug-likeness (QED) is 0.887. The molecule has 0 aliphatic heterocycles. The molecule has 0 radical (unpaired) electrons. The molecule has 1 aromatic heterocycles. The van der Waals surface area contributed by atoms with E-state index in [9.17, 15) is 0 Å². The van der Waals surface area contributed by atoms with E-state index in [1.165, 1.54) is 16.8 Å². The predicted molar refractivity (Wildman–Crippen MR) is 79.7 cm³/mol. The van der Waals surface area contributed by atoms with E-state index in [0.717, 1.165) is 18.7 Å². The number of nitrogens with one attached hydrogen (secondary N) is 1. The van der Waals surface area contributed by atoms with E-state index in [0.29, 0.717) is 6.04 Å². The van der Waals surface area contributed by atoms with Crippen molar-refractivity contribution in [3.05, 3.63) is 47.3 Å². The minimum atomic E-state index is 0.346. The van der Waals surface area contributed by atoms with Crippen LogP contribution in [0.5, 0.6) is 0 Å². The van der Waals surface area contributed by atoms with Crippen LogP contribution in [0.15, 0.2) is 30.5 Å². The highest BCUT2D eigenvalue weighted by Gasteiger charge is 2.13. The first kappa shape index (κ1) is 13.8. The summed E-state index contributed by atoms with van der Waals surface area (Å²) in [6.07, 6.45) is 3.12. The summed E-state index contributed by atoms with van der Waals surface area (Å²) in [5.74, 6) is 0. The fraction of sp³-hybridized carbons (Fsp3) is 0.438. The summed E-state index contributed by atoms with van der Waals surface area (Å²) in [5, 5.41) is 8.03. The molecule has 2 aromatic rings. The van der Waals surface area contributed by atoms with Gasteiger partial charge in [0.25, 0.3) is 0 Å². The smallest absolute Gasteiger partial charge is 0.0648 e. The second-order valence-corrected chi connectivity index (χ2v) is 5.11. The average molecular weight is 257 g/mol. The van der Waals surface area contributed by atoms with Crippen LogP contribution >= 0.6 is 0 Å². The molecule has 0 bridgehead atoms. The molecule has 1 unspecified atom stereocenters. The Morgan fingerprint density at radius 1 is 1.21 bits per heavy atom. The van der Waals surface area contributed by atoms with Crippen molar-refractivity contribution in [3.8, 4) is 5.69 Å². The Hall–Kier alpha value is -1.61. The van der Waals surface area contributed by atoms with E-state index >= 15 is 0 Å². The largest absolute Gasteiger partial charge is 0.310 e. The second-order valence-electron chi connectivity index (χ2n) is 5.11. The summed E-state index contributed by atoms with van der Waals surface area (Å²) in [4.78, 5) is 0. The molecule has 2 rings (SSSR count). The van der Waals surface area contributed by atoms with E-state index in [1.807, 2.05) is 10.9 Å². The zero-order valence-electron chi connectivity index (χ0n) is 12.3. The van der Waals surface area contributed by atoms with Crippen LogP contribution < -0.4 is 5.32 Å². The molecule has 102 valence electrons. The Morgan fingerprint density at radius 3 is 2.53 bits per heavy atom. The molecule has 3 nitrogen and oxygen atoms in total. The molecule has 0 aliphatic rings. The van der Waals surface area contributed by atoms with Gasteiger partial charge in [-0.2, -0.15) is 5.10 Å². The van der Waals surface area contributed by atoms with Gasteiger partial charge in [0, 0.05) is 17.3 Å². The number of hydrogen-bond acceptors (Lipinski definition) is 2. The Morgan fingerprint density at radius 2 is 1.89 bits per heavy atom. The Balaban J connectivity index is 2.25. The summed E-state index contributed by atoms with van der Waals surface area (Å²) in [6, 6.07) is 8.81. The first-order valence-electron chi connectivity index (χ1n) is 6.98. The van der Waals surface area contributed by atoms with Crippen LogP contribution in [-0.2, 0) is 0 Å². The number of aromatic nitrogens is 2. The van der Waals surface area contributed by atoms with E-state index in [-0.39, 0.29) is 0 Å². The van der Waals surface area contributed by atoms with Crippen molar-refractivity contribution >= 4 is 0 Å². The van der Waals surface area contributed by atoms with Gasteiger partial charge in [-0.05, 0) is 45.9 Å². The van der Waals surface area contributed by atoms with Crippen molar-refractivity contribution in [3.63, 3.8) is 0 Å². The third-order valence-electron chi connectivity index (χ3n) is 3.49. The highest BCUT2D eigenvalue weighted by molar-refractivity contribution is 5.37. The van der Waals surface area contributed by atoms with Gasteiger partial charge in [0.2, 0.25) is 0 Å². The second kappa shape index (κ2) is 6.02. The Labute approximate surface area is 115 Å². The third-order valence-corrected chi connectivity index (χ3v) is 3.49. The minimum Gasteiger partial charge on any atom is -0.310 e. The molecule has 0 spiro atoms. The molecule has 19 heavy (non-hydrogen) atoms. The highest BCUT2D eigenvalue weighted by atomic mass is 15.3. The number of benzene rings is 1. The van der Waals surface area contributed by atoms with Crippen LogP contribution in [0.25, 0.3) is 5.69 Å². The molecule has 0 aliphatic carbocycles. The number of aryl methyl sites for hydroxylation is 1. The van der Waals surface area contributed by atoms with E-state index in [1.54, 1.807) is 0 Å². The van der Waals surface area contributed by atoms with E-state index < -0.39 is 0 Å². The summed E-state index contributed by atoms with van der Waals surface area (Å²) in [6.45, 7) is 9.64. The lowest BCUT2D eigenvalue weighted by Crippen LogP contribution is -2.19. The van der Waals surface area contributed by atoms with Gasteiger partial charge < -0.3 is 5.32 Å². The SMILES string of the molecule is CCCNC(C)c1cnn(-c2ccc(C)cc2)c1C. The highest BCUT2D eigenvalue weighted by Crippen LogP contribution is 2.20. The first-order valence-corrected chi connectivity index (χ1v) is 6.98. The van der Waals surface area contributed by atoms with Gasteiger partial charge in [0.05, 0.1) is 11.9 Å². The van der Waals surface area contributed by atoms with Gasteiger partial charge in [0.15, 0.2) is 0 Å². The maximum absolute atomic E-state index is 4.52. The Kier molecular flexibility index (Phi) is 4.38. The van der Waals surface area contributed by atoms with Gasteiger partial charge in [-0.25, -0.2) is 4.68 Å². The number of hydrogen-bond donors (Lipinski definition) is 1. The van der Waals surface area contributed by atoms with Crippen LogP contribution in [0.4, 0.5) is 0 Å². The molecule has 3 heteroatoms. The third kappa shape index (κ3) is 3.04. The van der Waals surface area contributed by atoms with Gasteiger partial charge in [0.1, 0.15) is 0 Å².